The largest absolute Gasteiger partial charge is 0.406 e. The van der Waals surface area contributed by atoms with Crippen LogP contribution >= 0.6 is 0 Å². The Bertz CT molecular complexity index is 1210. The molecule has 1 atom stereocenters. The molecule has 0 N–H and O–H groups in total. The van der Waals surface area contributed by atoms with Gasteiger partial charge in [-0.15, -0.1) is 0 Å². The number of aryl methyl sites for hydroxylation is 1. The minimum absolute atomic E-state index is 0.166. The second kappa shape index (κ2) is 10.2. The van der Waals surface area contributed by atoms with E-state index in [0.717, 1.165) is 5.56 Å². The first-order valence-electron chi connectivity index (χ1n) is 12.1. The van der Waals surface area contributed by atoms with E-state index >= 15 is 0 Å². The highest BCUT2D eigenvalue weighted by molar-refractivity contribution is 7.89. The Labute approximate surface area is 211 Å². The van der Waals surface area contributed by atoms with Gasteiger partial charge in [-0.25, -0.2) is 8.42 Å². The number of sulfonamides is 1. The van der Waals surface area contributed by atoms with Gasteiger partial charge in [-0.05, 0) is 40.9 Å². The quantitative estimate of drug-likeness (QED) is 0.339. The van der Waals surface area contributed by atoms with Gasteiger partial charge in [-0.2, -0.15) is 4.31 Å². The molecule has 0 saturated heterocycles. The predicted molar refractivity (Wildman–Crippen MR) is 146 cm³/mol. The lowest BCUT2D eigenvalue weighted by Gasteiger charge is -2.44. The van der Waals surface area contributed by atoms with Gasteiger partial charge in [0.05, 0.1) is 17.5 Å². The van der Waals surface area contributed by atoms with Crippen LogP contribution in [0.1, 0.15) is 32.8 Å². The monoisotopic (exact) mass is 505 g/mol. The molecule has 4 rings (SSSR count). The number of benzene rings is 3. The summed E-state index contributed by atoms with van der Waals surface area (Å²) >= 11 is 0. The summed E-state index contributed by atoms with van der Waals surface area (Å²) in [4.78, 5) is 0.328. The van der Waals surface area contributed by atoms with Crippen molar-refractivity contribution in [3.63, 3.8) is 0 Å². The van der Waals surface area contributed by atoms with Crippen LogP contribution in [0.5, 0.6) is 0 Å². The number of nitrogens with zero attached hydrogens (tertiary/aromatic N) is 1. The Morgan fingerprint density at radius 1 is 0.857 bits per heavy atom. The van der Waals surface area contributed by atoms with E-state index in [9.17, 15) is 8.42 Å². The third-order valence-electron chi connectivity index (χ3n) is 6.80. The Morgan fingerprint density at radius 2 is 1.40 bits per heavy atom. The van der Waals surface area contributed by atoms with Crippen LogP contribution in [0.3, 0.4) is 0 Å². The molecule has 1 aliphatic heterocycles. The molecule has 0 radical (unpaired) electrons. The molecule has 35 heavy (non-hydrogen) atoms. The second-order valence-corrected chi connectivity index (χ2v) is 16.4. The normalized spacial score (nSPS) is 17.4. The lowest BCUT2D eigenvalue weighted by Crippen LogP contribution is -2.67. The molecule has 0 fully saturated rings. The van der Waals surface area contributed by atoms with Crippen molar-refractivity contribution < 1.29 is 12.8 Å². The van der Waals surface area contributed by atoms with Gasteiger partial charge in [0.1, 0.15) is 0 Å². The summed E-state index contributed by atoms with van der Waals surface area (Å²) in [6, 6.07) is 27.8. The van der Waals surface area contributed by atoms with E-state index in [4.69, 9.17) is 4.43 Å². The van der Waals surface area contributed by atoms with Gasteiger partial charge < -0.3 is 4.43 Å². The van der Waals surface area contributed by atoms with Gasteiger partial charge in [-0.3, -0.25) is 0 Å². The van der Waals surface area contributed by atoms with E-state index in [-0.39, 0.29) is 11.1 Å². The summed E-state index contributed by atoms with van der Waals surface area (Å²) in [6.07, 6.45) is 4.63. The number of rotatable bonds is 7. The summed E-state index contributed by atoms with van der Waals surface area (Å²) in [5.41, 5.74) is 1.04. The molecular weight excluding hydrogens is 470 g/mol. The highest BCUT2D eigenvalue weighted by atomic mass is 32.2. The van der Waals surface area contributed by atoms with E-state index in [0.29, 0.717) is 24.5 Å². The van der Waals surface area contributed by atoms with Crippen molar-refractivity contribution in [1.29, 1.82) is 0 Å². The first-order valence-corrected chi connectivity index (χ1v) is 15.5. The molecule has 0 aromatic heterocycles. The van der Waals surface area contributed by atoms with E-state index in [1.807, 2.05) is 37.3 Å². The maximum atomic E-state index is 13.6. The van der Waals surface area contributed by atoms with Crippen LogP contribution in [0, 0.1) is 6.92 Å². The van der Waals surface area contributed by atoms with Gasteiger partial charge in [0.2, 0.25) is 10.0 Å². The van der Waals surface area contributed by atoms with Gasteiger partial charge in [-0.1, -0.05) is 111 Å². The van der Waals surface area contributed by atoms with Crippen LogP contribution in [0.4, 0.5) is 0 Å². The minimum atomic E-state index is -3.64. The first kappa shape index (κ1) is 25.6. The Hall–Kier alpha value is -2.51. The molecule has 0 aliphatic carbocycles. The molecule has 6 heteroatoms. The predicted octanol–water partition coefficient (Wildman–Crippen LogP) is 4.89. The van der Waals surface area contributed by atoms with Crippen LogP contribution in [-0.4, -0.2) is 40.2 Å². The molecule has 1 aliphatic rings. The highest BCUT2D eigenvalue weighted by Crippen LogP contribution is 2.37. The molecule has 4 nitrogen and oxygen atoms in total. The third-order valence-corrected chi connectivity index (χ3v) is 13.7. The van der Waals surface area contributed by atoms with Crippen molar-refractivity contribution in [2.75, 3.05) is 13.2 Å². The number of hydrogen-bond donors (Lipinski definition) is 0. The molecule has 0 spiro atoms. The van der Waals surface area contributed by atoms with Crippen molar-refractivity contribution in [2.24, 2.45) is 0 Å². The summed E-state index contributed by atoms with van der Waals surface area (Å²) in [7, 11) is -6.40. The maximum Gasteiger partial charge on any atom is 0.261 e. The average molecular weight is 506 g/mol. The molecule has 0 amide bonds. The van der Waals surface area contributed by atoms with E-state index in [1.165, 1.54) is 10.4 Å². The SMILES string of the molecule is Cc1ccc(S(=O)(=O)N2CC=CC[C@H]2CO[Si](c2ccccc2)(c2ccccc2)C(C)(C)C)cc1. The molecular formula is C29H35NO3SSi. The van der Waals surface area contributed by atoms with Crippen LogP contribution in [0.25, 0.3) is 0 Å². The average Bonchev–Trinajstić information content (AvgIpc) is 2.85. The lowest BCUT2D eigenvalue weighted by molar-refractivity contribution is 0.198. The van der Waals surface area contributed by atoms with Gasteiger partial charge >= 0.3 is 0 Å². The van der Waals surface area contributed by atoms with Crippen molar-refractivity contribution >= 4 is 28.7 Å². The van der Waals surface area contributed by atoms with E-state index in [2.05, 4.69) is 75.4 Å². The van der Waals surface area contributed by atoms with Crippen LogP contribution < -0.4 is 10.4 Å². The number of hydrogen-bond acceptors (Lipinski definition) is 3. The van der Waals surface area contributed by atoms with Gasteiger partial charge in [0.15, 0.2) is 0 Å². The molecule has 1 heterocycles. The summed E-state index contributed by atoms with van der Waals surface area (Å²) in [6.45, 7) is 9.36. The first-order chi connectivity index (χ1) is 16.7. The van der Waals surface area contributed by atoms with E-state index in [1.54, 1.807) is 16.4 Å². The topological polar surface area (TPSA) is 46.6 Å². The summed E-state index contributed by atoms with van der Waals surface area (Å²) in [5, 5.41) is 2.22. The highest BCUT2D eigenvalue weighted by Gasteiger charge is 2.50. The van der Waals surface area contributed by atoms with Gasteiger partial charge in [0, 0.05) is 6.54 Å². The fourth-order valence-electron chi connectivity index (χ4n) is 4.97. The maximum absolute atomic E-state index is 13.6. The second-order valence-electron chi connectivity index (χ2n) is 10.2. The van der Waals surface area contributed by atoms with Crippen molar-refractivity contribution in [3.05, 3.63) is 103 Å². The fraction of sp³-hybridized carbons (Fsp3) is 0.310. The van der Waals surface area contributed by atoms with E-state index < -0.39 is 18.3 Å². The fourth-order valence-corrected chi connectivity index (χ4v) is 11.1. The van der Waals surface area contributed by atoms with Crippen LogP contribution in [0.2, 0.25) is 5.04 Å². The zero-order valence-electron chi connectivity index (χ0n) is 21.0. The smallest absolute Gasteiger partial charge is 0.261 e. The van der Waals surface area contributed by atoms with Crippen LogP contribution in [0.15, 0.2) is 102 Å². The zero-order chi connectivity index (χ0) is 25.1. The molecule has 0 bridgehead atoms. The standard InChI is InChI=1S/C29H35NO3SSi/c1-24-18-20-26(21-19-24)34(31,32)30-22-12-11-13-25(30)23-33-35(29(2,3)4,27-14-7-5-8-15-27)28-16-9-6-10-17-28/h5-12,14-21,25H,13,22-23H2,1-4H3/t25-/m0/s1. The van der Waals surface area contributed by atoms with Gasteiger partial charge in [0.25, 0.3) is 8.32 Å². The Morgan fingerprint density at radius 3 is 1.91 bits per heavy atom. The molecule has 0 saturated carbocycles. The minimum Gasteiger partial charge on any atom is -0.406 e. The molecule has 3 aromatic carbocycles. The van der Waals surface area contributed by atoms with Crippen molar-refractivity contribution in [2.45, 2.75) is 50.1 Å². The molecule has 184 valence electrons. The Balaban J connectivity index is 1.73. The summed E-state index contributed by atoms with van der Waals surface area (Å²) < 4.78 is 35.9. The molecule has 0 unspecified atom stereocenters. The zero-order valence-corrected chi connectivity index (χ0v) is 22.8. The van der Waals surface area contributed by atoms with Crippen molar-refractivity contribution in [1.82, 2.24) is 4.31 Å². The third kappa shape index (κ3) is 5.07. The summed E-state index contributed by atoms with van der Waals surface area (Å²) in [5.74, 6) is 0. The Kier molecular flexibility index (Phi) is 7.48. The molecule has 3 aromatic rings. The van der Waals surface area contributed by atoms with Crippen molar-refractivity contribution in [3.8, 4) is 0 Å². The van der Waals surface area contributed by atoms with Crippen LogP contribution in [-0.2, 0) is 14.4 Å². The lowest BCUT2D eigenvalue weighted by atomic mass is 10.1.